The Kier molecular flexibility index (Phi) is 3.84. The number of amides is 1. The van der Waals surface area contributed by atoms with Crippen LogP contribution in [0.5, 0.6) is 0 Å². The zero-order valence-corrected chi connectivity index (χ0v) is 15.6. The lowest BCUT2D eigenvalue weighted by molar-refractivity contribution is 0.0971. The van der Waals surface area contributed by atoms with Gasteiger partial charge in [-0.25, -0.2) is 4.39 Å². The van der Waals surface area contributed by atoms with Gasteiger partial charge in [0.25, 0.3) is 5.91 Å². The molecule has 5 rings (SSSR count). The molecular formula is C24H16FNO3. The molecule has 1 aromatic heterocycles. The van der Waals surface area contributed by atoms with Crippen LogP contribution in [-0.4, -0.2) is 5.91 Å². The number of rotatable bonds is 2. The number of anilines is 1. The maximum Gasteiger partial charge on any atom is 0.295 e. The number of carbonyl (C=O) groups excluding carboxylic acids is 1. The first-order valence-corrected chi connectivity index (χ1v) is 9.26. The minimum Gasteiger partial charge on any atom is -0.450 e. The minimum atomic E-state index is -0.901. The number of fused-ring (bicyclic) bond motifs is 2. The van der Waals surface area contributed by atoms with Crippen molar-refractivity contribution in [2.75, 3.05) is 4.90 Å². The van der Waals surface area contributed by atoms with Crippen molar-refractivity contribution >= 4 is 22.6 Å². The van der Waals surface area contributed by atoms with E-state index >= 15 is 0 Å². The Morgan fingerprint density at radius 2 is 1.59 bits per heavy atom. The van der Waals surface area contributed by atoms with Crippen LogP contribution in [0.2, 0.25) is 0 Å². The van der Waals surface area contributed by atoms with Crippen LogP contribution in [-0.2, 0) is 0 Å². The number of benzene rings is 3. The van der Waals surface area contributed by atoms with Gasteiger partial charge in [0.2, 0.25) is 5.76 Å². The van der Waals surface area contributed by atoms with Crippen molar-refractivity contribution in [3.63, 3.8) is 0 Å². The molecule has 5 heteroatoms. The summed E-state index contributed by atoms with van der Waals surface area (Å²) >= 11 is 0. The standard InChI is InChI=1S/C24H16FNO3/c1-14-10-12-15(13-11-14)26-21(16-6-2-4-8-18(16)25)20-22(27)17-7-3-5-9-19(17)29-23(20)24(26)28/h2-13,21H,1H3. The molecule has 2 heterocycles. The summed E-state index contributed by atoms with van der Waals surface area (Å²) in [4.78, 5) is 28.1. The maximum atomic E-state index is 14.8. The second kappa shape index (κ2) is 6.41. The number of hydrogen-bond donors (Lipinski definition) is 0. The van der Waals surface area contributed by atoms with E-state index in [1.807, 2.05) is 19.1 Å². The summed E-state index contributed by atoms with van der Waals surface area (Å²) in [6.07, 6.45) is 0. The van der Waals surface area contributed by atoms with Crippen LogP contribution in [0, 0.1) is 12.7 Å². The predicted octanol–water partition coefficient (Wildman–Crippen LogP) is 4.99. The van der Waals surface area contributed by atoms with Gasteiger partial charge in [-0.2, -0.15) is 0 Å². The molecule has 1 amide bonds. The molecule has 0 bridgehead atoms. The van der Waals surface area contributed by atoms with Gasteiger partial charge < -0.3 is 4.42 Å². The number of halogens is 1. The first kappa shape index (κ1) is 17.4. The second-order valence-corrected chi connectivity index (χ2v) is 7.10. The average Bonchev–Trinajstić information content (AvgIpc) is 3.02. The van der Waals surface area contributed by atoms with Crippen LogP contribution >= 0.6 is 0 Å². The number of hydrogen-bond acceptors (Lipinski definition) is 3. The van der Waals surface area contributed by atoms with E-state index in [0.717, 1.165) is 5.56 Å². The van der Waals surface area contributed by atoms with Crippen molar-refractivity contribution < 1.29 is 13.6 Å². The van der Waals surface area contributed by atoms with Gasteiger partial charge in [0.15, 0.2) is 5.43 Å². The van der Waals surface area contributed by atoms with E-state index in [2.05, 4.69) is 0 Å². The first-order chi connectivity index (χ1) is 14.1. The third kappa shape index (κ3) is 2.58. The van der Waals surface area contributed by atoms with Crippen molar-refractivity contribution in [3.05, 3.63) is 111 Å². The molecule has 0 N–H and O–H groups in total. The molecule has 1 aliphatic rings. The maximum absolute atomic E-state index is 14.8. The van der Waals surface area contributed by atoms with Gasteiger partial charge in [-0.15, -0.1) is 0 Å². The number of nitrogens with zero attached hydrogens (tertiary/aromatic N) is 1. The third-order valence-corrected chi connectivity index (χ3v) is 5.29. The molecule has 0 aliphatic carbocycles. The Labute approximate surface area is 165 Å². The monoisotopic (exact) mass is 385 g/mol. The Hall–Kier alpha value is -3.73. The van der Waals surface area contributed by atoms with Gasteiger partial charge in [0.1, 0.15) is 11.4 Å². The summed E-state index contributed by atoms with van der Waals surface area (Å²) in [6.45, 7) is 1.94. The molecular weight excluding hydrogens is 369 g/mol. The van der Waals surface area contributed by atoms with Crippen molar-refractivity contribution in [1.82, 2.24) is 0 Å². The van der Waals surface area contributed by atoms with E-state index in [4.69, 9.17) is 4.42 Å². The molecule has 1 unspecified atom stereocenters. The molecule has 4 aromatic rings. The lowest BCUT2D eigenvalue weighted by Gasteiger charge is -2.25. The van der Waals surface area contributed by atoms with Crippen LogP contribution in [0.3, 0.4) is 0 Å². The van der Waals surface area contributed by atoms with Gasteiger partial charge >= 0.3 is 0 Å². The normalized spacial score (nSPS) is 15.7. The van der Waals surface area contributed by atoms with Crippen LogP contribution in [0.25, 0.3) is 11.0 Å². The second-order valence-electron chi connectivity index (χ2n) is 7.10. The van der Waals surface area contributed by atoms with E-state index in [1.54, 1.807) is 54.6 Å². The summed E-state index contributed by atoms with van der Waals surface area (Å²) in [7, 11) is 0. The van der Waals surface area contributed by atoms with Crippen molar-refractivity contribution in [3.8, 4) is 0 Å². The highest BCUT2D eigenvalue weighted by Crippen LogP contribution is 2.41. The SMILES string of the molecule is Cc1ccc(N2C(=O)c3oc4ccccc4c(=O)c3C2c2ccccc2F)cc1. The summed E-state index contributed by atoms with van der Waals surface area (Å²) in [5.41, 5.74) is 2.03. The topological polar surface area (TPSA) is 50.5 Å². The van der Waals surface area contributed by atoms with Crippen molar-refractivity contribution in [1.29, 1.82) is 0 Å². The zero-order valence-electron chi connectivity index (χ0n) is 15.6. The first-order valence-electron chi connectivity index (χ1n) is 9.26. The lowest BCUT2D eigenvalue weighted by atomic mass is 9.97. The highest BCUT2D eigenvalue weighted by Gasteiger charge is 2.44. The number of aryl methyl sites for hydroxylation is 1. The minimum absolute atomic E-state index is 0.0393. The largest absolute Gasteiger partial charge is 0.450 e. The zero-order chi connectivity index (χ0) is 20.1. The summed E-state index contributed by atoms with van der Waals surface area (Å²) in [5.74, 6) is -0.981. The molecule has 0 spiro atoms. The molecule has 1 atom stereocenters. The quantitative estimate of drug-likeness (QED) is 0.488. The molecule has 0 saturated carbocycles. The van der Waals surface area contributed by atoms with Crippen molar-refractivity contribution in [2.45, 2.75) is 13.0 Å². The van der Waals surface area contributed by atoms with E-state index in [1.165, 1.54) is 11.0 Å². The van der Waals surface area contributed by atoms with Gasteiger partial charge in [-0.3, -0.25) is 14.5 Å². The van der Waals surface area contributed by atoms with Crippen LogP contribution in [0.4, 0.5) is 10.1 Å². The Morgan fingerprint density at radius 1 is 0.897 bits per heavy atom. The molecule has 0 fully saturated rings. The summed E-state index contributed by atoms with van der Waals surface area (Å²) in [6, 6.07) is 19.4. The number of para-hydroxylation sites is 1. The smallest absolute Gasteiger partial charge is 0.295 e. The molecule has 4 nitrogen and oxygen atoms in total. The highest BCUT2D eigenvalue weighted by molar-refractivity contribution is 6.10. The molecule has 29 heavy (non-hydrogen) atoms. The van der Waals surface area contributed by atoms with Gasteiger partial charge in [0, 0.05) is 11.3 Å². The van der Waals surface area contributed by atoms with Crippen molar-refractivity contribution in [2.24, 2.45) is 0 Å². The molecule has 1 aliphatic heterocycles. The van der Waals surface area contributed by atoms with E-state index in [0.29, 0.717) is 16.7 Å². The van der Waals surface area contributed by atoms with Gasteiger partial charge in [0.05, 0.1) is 17.0 Å². The predicted molar refractivity (Wildman–Crippen MR) is 109 cm³/mol. The lowest BCUT2D eigenvalue weighted by Crippen LogP contribution is -2.30. The van der Waals surface area contributed by atoms with Gasteiger partial charge in [-0.05, 0) is 37.3 Å². The Balaban J connectivity index is 1.84. The molecule has 0 saturated heterocycles. The molecule has 0 radical (unpaired) electrons. The Morgan fingerprint density at radius 3 is 2.34 bits per heavy atom. The Bertz CT molecular complexity index is 1320. The average molecular weight is 385 g/mol. The molecule has 3 aromatic carbocycles. The third-order valence-electron chi connectivity index (χ3n) is 5.29. The van der Waals surface area contributed by atoms with Gasteiger partial charge in [-0.1, -0.05) is 48.0 Å². The summed E-state index contributed by atoms with van der Waals surface area (Å²) < 4.78 is 20.6. The fraction of sp³-hybridized carbons (Fsp3) is 0.0833. The van der Waals surface area contributed by atoms with Crippen LogP contribution in [0.1, 0.15) is 33.3 Å². The van der Waals surface area contributed by atoms with E-state index in [-0.39, 0.29) is 22.3 Å². The highest BCUT2D eigenvalue weighted by atomic mass is 19.1. The van der Waals surface area contributed by atoms with E-state index < -0.39 is 17.8 Å². The van der Waals surface area contributed by atoms with E-state index in [9.17, 15) is 14.0 Å². The fourth-order valence-electron chi connectivity index (χ4n) is 3.88. The van der Waals surface area contributed by atoms with Crippen LogP contribution in [0.15, 0.2) is 82.0 Å². The fourth-order valence-corrected chi connectivity index (χ4v) is 3.88. The number of carbonyl (C=O) groups is 1. The van der Waals surface area contributed by atoms with Crippen LogP contribution < -0.4 is 10.3 Å². The molecule has 142 valence electrons. The summed E-state index contributed by atoms with van der Waals surface area (Å²) in [5, 5.41) is 0.367.